The molecular weight excluding hydrogens is 284 g/mol. The van der Waals surface area contributed by atoms with Crippen molar-refractivity contribution in [1.82, 2.24) is 0 Å². The van der Waals surface area contributed by atoms with Crippen molar-refractivity contribution in [3.05, 3.63) is 12.2 Å². The first-order chi connectivity index (χ1) is 11.2. The molecule has 23 heavy (non-hydrogen) atoms. The first-order valence-corrected chi connectivity index (χ1v) is 10.0. The van der Waals surface area contributed by atoms with Gasteiger partial charge in [0.15, 0.2) is 0 Å². The molecule has 0 aromatic carbocycles. The lowest BCUT2D eigenvalue weighted by Gasteiger charge is -2.07. The lowest BCUT2D eigenvalue weighted by molar-refractivity contribution is -0.137. The number of rotatable bonds is 17. The molecule has 1 atom stereocenters. The number of hydrogen-bond donors (Lipinski definition) is 1. The second-order valence-electron chi connectivity index (χ2n) is 7.07. The van der Waals surface area contributed by atoms with Crippen LogP contribution in [0, 0.1) is 5.92 Å². The van der Waals surface area contributed by atoms with E-state index in [1.54, 1.807) is 0 Å². The highest BCUT2D eigenvalue weighted by Gasteiger charge is 1.99. The van der Waals surface area contributed by atoms with Crippen LogP contribution in [0.4, 0.5) is 0 Å². The zero-order valence-corrected chi connectivity index (χ0v) is 15.7. The van der Waals surface area contributed by atoms with E-state index < -0.39 is 5.97 Å². The van der Waals surface area contributed by atoms with Crippen molar-refractivity contribution >= 4 is 5.97 Å². The minimum Gasteiger partial charge on any atom is -0.481 e. The van der Waals surface area contributed by atoms with Gasteiger partial charge in [0.05, 0.1) is 0 Å². The highest BCUT2D eigenvalue weighted by Crippen LogP contribution is 2.15. The Kier molecular flexibility index (Phi) is 17.0. The van der Waals surface area contributed by atoms with Gasteiger partial charge in [0.25, 0.3) is 0 Å². The van der Waals surface area contributed by atoms with Gasteiger partial charge >= 0.3 is 5.97 Å². The Morgan fingerprint density at radius 1 is 0.870 bits per heavy atom. The summed E-state index contributed by atoms with van der Waals surface area (Å²) in [5, 5.41) is 8.55. The molecule has 0 saturated heterocycles. The van der Waals surface area contributed by atoms with E-state index >= 15 is 0 Å². The molecule has 2 nitrogen and oxygen atoms in total. The van der Waals surface area contributed by atoms with Gasteiger partial charge in [0.1, 0.15) is 0 Å². The van der Waals surface area contributed by atoms with Gasteiger partial charge < -0.3 is 5.11 Å². The number of unbranched alkanes of at least 4 members (excludes halogenated alkanes) is 10. The normalized spacial score (nSPS) is 12.8. The van der Waals surface area contributed by atoms with Crippen LogP contribution < -0.4 is 0 Å². The largest absolute Gasteiger partial charge is 0.481 e. The molecule has 0 radical (unpaired) electrons. The van der Waals surface area contributed by atoms with Gasteiger partial charge in [-0.25, -0.2) is 0 Å². The lowest BCUT2D eigenvalue weighted by Crippen LogP contribution is -1.93. The van der Waals surface area contributed by atoms with E-state index in [0.717, 1.165) is 18.8 Å². The average Bonchev–Trinajstić information content (AvgIpc) is 2.52. The SMILES string of the molecule is CCCCCCC(C)CC=CCCCCCCCCCC(=O)O. The van der Waals surface area contributed by atoms with Gasteiger partial charge in [0, 0.05) is 6.42 Å². The smallest absolute Gasteiger partial charge is 0.303 e. The molecule has 0 heterocycles. The molecule has 0 aliphatic heterocycles. The summed E-state index contributed by atoms with van der Waals surface area (Å²) in [5.41, 5.74) is 0. The first-order valence-electron chi connectivity index (χ1n) is 10.0. The summed E-state index contributed by atoms with van der Waals surface area (Å²) in [5.74, 6) is 0.181. The summed E-state index contributed by atoms with van der Waals surface area (Å²) >= 11 is 0. The van der Waals surface area contributed by atoms with Crippen molar-refractivity contribution in [1.29, 1.82) is 0 Å². The summed E-state index contributed by atoms with van der Waals surface area (Å²) in [6, 6.07) is 0. The topological polar surface area (TPSA) is 37.3 Å². The predicted octanol–water partition coefficient (Wildman–Crippen LogP) is 7.13. The van der Waals surface area contributed by atoms with Crippen LogP contribution in [0.25, 0.3) is 0 Å². The molecule has 0 rings (SSSR count). The van der Waals surface area contributed by atoms with E-state index in [-0.39, 0.29) is 0 Å². The molecule has 0 bridgehead atoms. The Morgan fingerprint density at radius 3 is 2.13 bits per heavy atom. The molecule has 0 aliphatic carbocycles. The Bertz CT molecular complexity index is 284. The molecule has 0 aromatic heterocycles. The van der Waals surface area contributed by atoms with Gasteiger partial charge in [-0.05, 0) is 31.6 Å². The predicted molar refractivity (Wildman–Crippen MR) is 101 cm³/mol. The minimum absolute atomic E-state index is 0.335. The second-order valence-corrected chi connectivity index (χ2v) is 7.07. The number of aliphatic carboxylic acids is 1. The van der Waals surface area contributed by atoms with Gasteiger partial charge in [-0.1, -0.05) is 90.2 Å². The van der Waals surface area contributed by atoms with Crippen molar-refractivity contribution in [2.24, 2.45) is 5.92 Å². The molecule has 0 aromatic rings. The molecule has 0 aliphatic rings. The van der Waals surface area contributed by atoms with Crippen molar-refractivity contribution in [3.63, 3.8) is 0 Å². The molecular formula is C21H40O2. The van der Waals surface area contributed by atoms with Gasteiger partial charge in [-0.3, -0.25) is 4.79 Å². The van der Waals surface area contributed by atoms with E-state index in [1.165, 1.54) is 77.0 Å². The molecule has 0 spiro atoms. The molecule has 1 N–H and O–H groups in total. The molecule has 2 heteroatoms. The maximum absolute atomic E-state index is 10.4. The zero-order chi connectivity index (χ0) is 17.2. The third-order valence-electron chi connectivity index (χ3n) is 4.52. The van der Waals surface area contributed by atoms with Crippen LogP contribution in [0.1, 0.15) is 110 Å². The Hall–Kier alpha value is -0.790. The standard InChI is InChI=1S/C21H40O2/c1-3-4-5-14-17-20(2)18-15-12-10-8-6-7-9-11-13-16-19-21(22)23/h12,15,20H,3-11,13-14,16-19H2,1-2H3,(H,22,23). The third-order valence-corrected chi connectivity index (χ3v) is 4.52. The Morgan fingerprint density at radius 2 is 1.48 bits per heavy atom. The van der Waals surface area contributed by atoms with Crippen LogP contribution in [0.5, 0.6) is 0 Å². The number of carbonyl (C=O) groups is 1. The van der Waals surface area contributed by atoms with Crippen molar-refractivity contribution in [2.75, 3.05) is 0 Å². The maximum atomic E-state index is 10.4. The van der Waals surface area contributed by atoms with Gasteiger partial charge in [-0.2, -0.15) is 0 Å². The summed E-state index contributed by atoms with van der Waals surface area (Å²) in [4.78, 5) is 10.4. The first kappa shape index (κ1) is 22.2. The summed E-state index contributed by atoms with van der Waals surface area (Å²) in [6.07, 6.45) is 22.8. The highest BCUT2D eigenvalue weighted by molar-refractivity contribution is 5.66. The monoisotopic (exact) mass is 324 g/mol. The van der Waals surface area contributed by atoms with Crippen LogP contribution in [0.3, 0.4) is 0 Å². The fraction of sp³-hybridized carbons (Fsp3) is 0.857. The quantitative estimate of drug-likeness (QED) is 0.228. The molecule has 0 saturated carbocycles. The van der Waals surface area contributed by atoms with Crippen LogP contribution in [0.2, 0.25) is 0 Å². The fourth-order valence-electron chi connectivity index (χ4n) is 2.91. The number of carboxylic acid groups (broad SMARTS) is 1. The Balaban J connectivity index is 3.23. The maximum Gasteiger partial charge on any atom is 0.303 e. The summed E-state index contributed by atoms with van der Waals surface area (Å²) in [6.45, 7) is 4.65. The zero-order valence-electron chi connectivity index (χ0n) is 15.7. The van der Waals surface area contributed by atoms with E-state index in [0.29, 0.717) is 6.42 Å². The van der Waals surface area contributed by atoms with E-state index in [2.05, 4.69) is 26.0 Å². The molecule has 0 fully saturated rings. The van der Waals surface area contributed by atoms with Crippen LogP contribution in [0.15, 0.2) is 12.2 Å². The molecule has 1 unspecified atom stereocenters. The minimum atomic E-state index is -0.660. The van der Waals surface area contributed by atoms with Gasteiger partial charge in [0.2, 0.25) is 0 Å². The summed E-state index contributed by atoms with van der Waals surface area (Å²) < 4.78 is 0. The molecule has 0 amide bonds. The summed E-state index contributed by atoms with van der Waals surface area (Å²) in [7, 11) is 0. The number of allylic oxidation sites excluding steroid dienone is 2. The highest BCUT2D eigenvalue weighted by atomic mass is 16.4. The number of carboxylic acids is 1. The Labute approximate surface area is 144 Å². The van der Waals surface area contributed by atoms with E-state index in [4.69, 9.17) is 5.11 Å². The van der Waals surface area contributed by atoms with Crippen LogP contribution >= 0.6 is 0 Å². The van der Waals surface area contributed by atoms with Crippen molar-refractivity contribution in [3.8, 4) is 0 Å². The van der Waals surface area contributed by atoms with Crippen molar-refractivity contribution < 1.29 is 9.90 Å². The lowest BCUT2D eigenvalue weighted by atomic mass is 9.99. The van der Waals surface area contributed by atoms with E-state index in [9.17, 15) is 4.79 Å². The van der Waals surface area contributed by atoms with Crippen LogP contribution in [-0.2, 0) is 4.79 Å². The van der Waals surface area contributed by atoms with Crippen molar-refractivity contribution in [2.45, 2.75) is 110 Å². The van der Waals surface area contributed by atoms with Crippen LogP contribution in [-0.4, -0.2) is 11.1 Å². The second kappa shape index (κ2) is 17.6. The van der Waals surface area contributed by atoms with E-state index in [1.807, 2.05) is 0 Å². The third kappa shape index (κ3) is 19.2. The van der Waals surface area contributed by atoms with Gasteiger partial charge in [-0.15, -0.1) is 0 Å². The number of hydrogen-bond acceptors (Lipinski definition) is 1. The molecule has 136 valence electrons. The fourth-order valence-corrected chi connectivity index (χ4v) is 2.91. The average molecular weight is 325 g/mol.